The number of hydrogen-bond donors (Lipinski definition) is 2. The van der Waals surface area contributed by atoms with Gasteiger partial charge in [-0.2, -0.15) is 0 Å². The Morgan fingerprint density at radius 3 is 2.89 bits per heavy atom. The van der Waals surface area contributed by atoms with Crippen LogP contribution in [0.5, 0.6) is 5.75 Å². The molecule has 0 radical (unpaired) electrons. The Hall–Kier alpha value is -2.60. The van der Waals surface area contributed by atoms with E-state index in [0.29, 0.717) is 30.8 Å². The van der Waals surface area contributed by atoms with E-state index in [-0.39, 0.29) is 12.6 Å². The lowest BCUT2D eigenvalue weighted by atomic mass is 9.99. The van der Waals surface area contributed by atoms with E-state index in [9.17, 15) is 4.39 Å². The number of aryl methyl sites for hydroxylation is 1. The molecule has 3 rings (SSSR count). The molecule has 27 heavy (non-hydrogen) atoms. The number of benzene rings is 2. The van der Waals surface area contributed by atoms with Crippen LogP contribution in [0.2, 0.25) is 0 Å². The van der Waals surface area contributed by atoms with Crippen molar-refractivity contribution < 1.29 is 13.9 Å². The van der Waals surface area contributed by atoms with Crippen LogP contribution in [0.4, 0.5) is 4.39 Å². The number of rotatable bonds is 5. The Morgan fingerprint density at radius 1 is 1.26 bits per heavy atom. The van der Waals surface area contributed by atoms with Crippen molar-refractivity contribution in [3.8, 4) is 5.75 Å². The van der Waals surface area contributed by atoms with Crippen molar-refractivity contribution in [2.24, 2.45) is 4.99 Å². The van der Waals surface area contributed by atoms with Gasteiger partial charge in [-0.15, -0.1) is 0 Å². The molecule has 0 aliphatic carbocycles. The molecule has 6 heteroatoms. The molecule has 0 saturated carbocycles. The minimum absolute atomic E-state index is 0.187. The maximum Gasteiger partial charge on any atom is 0.191 e. The zero-order valence-electron chi connectivity index (χ0n) is 16.0. The average Bonchev–Trinajstić information content (AvgIpc) is 2.67. The summed E-state index contributed by atoms with van der Waals surface area (Å²) in [6, 6.07) is 11.4. The summed E-state index contributed by atoms with van der Waals surface area (Å²) in [6.45, 7) is 5.98. The van der Waals surface area contributed by atoms with Gasteiger partial charge in [-0.1, -0.05) is 36.8 Å². The molecule has 1 unspecified atom stereocenters. The summed E-state index contributed by atoms with van der Waals surface area (Å²) in [6.07, 6.45) is 0. The summed E-state index contributed by atoms with van der Waals surface area (Å²) < 4.78 is 24.6. The van der Waals surface area contributed by atoms with Gasteiger partial charge in [0.1, 0.15) is 11.6 Å². The fraction of sp³-hybridized carbons (Fsp3) is 0.381. The van der Waals surface area contributed by atoms with Crippen molar-refractivity contribution in [1.82, 2.24) is 10.6 Å². The standard InChI is InChI=1S/C21H26FN3O2/c1-14-5-4-6-16(7-14)15(2)10-24-21(23-3)25-11-17-8-19(22)9-18-12-26-13-27-20(17)18/h4-9,15H,10-13H2,1-3H3,(H2,23,24,25). The molecule has 1 heterocycles. The van der Waals surface area contributed by atoms with Gasteiger partial charge in [0.15, 0.2) is 12.8 Å². The van der Waals surface area contributed by atoms with Crippen LogP contribution in [-0.4, -0.2) is 26.3 Å². The van der Waals surface area contributed by atoms with Crippen molar-refractivity contribution in [3.63, 3.8) is 0 Å². The number of halogens is 1. The molecule has 0 amide bonds. The molecule has 1 aliphatic rings. The minimum atomic E-state index is -0.296. The SMILES string of the molecule is CN=C(NCc1cc(F)cc2c1OCOC2)NCC(C)c1cccc(C)c1. The molecule has 5 nitrogen and oxygen atoms in total. The molecule has 0 spiro atoms. The predicted octanol–water partition coefficient (Wildman–Crippen LogP) is 3.47. The van der Waals surface area contributed by atoms with E-state index >= 15 is 0 Å². The number of nitrogens with zero attached hydrogens (tertiary/aromatic N) is 1. The molecule has 144 valence electrons. The van der Waals surface area contributed by atoms with E-state index < -0.39 is 0 Å². The molecule has 1 aliphatic heterocycles. The van der Waals surface area contributed by atoms with E-state index in [2.05, 4.69) is 53.7 Å². The van der Waals surface area contributed by atoms with Gasteiger partial charge >= 0.3 is 0 Å². The Balaban J connectivity index is 1.59. The molecular weight excluding hydrogens is 345 g/mol. The van der Waals surface area contributed by atoms with Gasteiger partial charge in [0, 0.05) is 31.3 Å². The van der Waals surface area contributed by atoms with Crippen LogP contribution in [0.25, 0.3) is 0 Å². The molecule has 0 bridgehead atoms. The van der Waals surface area contributed by atoms with Crippen LogP contribution in [0.1, 0.15) is 35.1 Å². The Bertz CT molecular complexity index is 823. The molecular formula is C21H26FN3O2. The summed E-state index contributed by atoms with van der Waals surface area (Å²) in [7, 11) is 1.72. The normalized spacial score (nSPS) is 14.9. The first-order valence-electron chi connectivity index (χ1n) is 9.09. The van der Waals surface area contributed by atoms with Crippen LogP contribution in [0.3, 0.4) is 0 Å². The fourth-order valence-corrected chi connectivity index (χ4v) is 3.13. The van der Waals surface area contributed by atoms with E-state index in [1.54, 1.807) is 7.05 Å². The minimum Gasteiger partial charge on any atom is -0.467 e. The first-order chi connectivity index (χ1) is 13.1. The van der Waals surface area contributed by atoms with E-state index in [4.69, 9.17) is 9.47 Å². The molecule has 1 atom stereocenters. The van der Waals surface area contributed by atoms with Gasteiger partial charge in [-0.25, -0.2) is 4.39 Å². The van der Waals surface area contributed by atoms with Crippen LogP contribution in [0.15, 0.2) is 41.4 Å². The lowest BCUT2D eigenvalue weighted by Crippen LogP contribution is -2.38. The van der Waals surface area contributed by atoms with E-state index in [1.165, 1.54) is 23.3 Å². The average molecular weight is 371 g/mol. The zero-order chi connectivity index (χ0) is 19.2. The molecule has 2 aromatic rings. The fourth-order valence-electron chi connectivity index (χ4n) is 3.13. The van der Waals surface area contributed by atoms with Crippen LogP contribution < -0.4 is 15.4 Å². The van der Waals surface area contributed by atoms with Crippen molar-refractivity contribution in [2.45, 2.75) is 32.9 Å². The highest BCUT2D eigenvalue weighted by molar-refractivity contribution is 5.79. The van der Waals surface area contributed by atoms with Crippen LogP contribution in [0, 0.1) is 12.7 Å². The van der Waals surface area contributed by atoms with Gasteiger partial charge in [-0.3, -0.25) is 4.99 Å². The molecule has 2 aromatic carbocycles. The van der Waals surface area contributed by atoms with Crippen LogP contribution >= 0.6 is 0 Å². The topological polar surface area (TPSA) is 54.9 Å². The van der Waals surface area contributed by atoms with Crippen LogP contribution in [-0.2, 0) is 17.9 Å². The highest BCUT2D eigenvalue weighted by Crippen LogP contribution is 2.29. The third kappa shape index (κ3) is 4.98. The number of ether oxygens (including phenoxy) is 2. The second-order valence-electron chi connectivity index (χ2n) is 6.79. The second-order valence-corrected chi connectivity index (χ2v) is 6.79. The quantitative estimate of drug-likeness (QED) is 0.624. The van der Waals surface area contributed by atoms with Gasteiger partial charge in [0.2, 0.25) is 0 Å². The number of fused-ring (bicyclic) bond motifs is 1. The molecule has 0 saturated heterocycles. The van der Waals surface area contributed by atoms with Crippen molar-refractivity contribution >= 4 is 5.96 Å². The predicted molar refractivity (Wildman–Crippen MR) is 104 cm³/mol. The Kier molecular flexibility index (Phi) is 6.29. The second kappa shape index (κ2) is 8.86. The summed E-state index contributed by atoms with van der Waals surface area (Å²) >= 11 is 0. The molecule has 0 fully saturated rings. The maximum absolute atomic E-state index is 13.9. The number of hydrogen-bond acceptors (Lipinski definition) is 3. The monoisotopic (exact) mass is 371 g/mol. The third-order valence-electron chi connectivity index (χ3n) is 4.61. The summed E-state index contributed by atoms with van der Waals surface area (Å²) in [4.78, 5) is 4.26. The lowest BCUT2D eigenvalue weighted by Gasteiger charge is -2.22. The summed E-state index contributed by atoms with van der Waals surface area (Å²) in [5.74, 6) is 1.40. The van der Waals surface area contributed by atoms with E-state index in [0.717, 1.165) is 17.7 Å². The first kappa shape index (κ1) is 19.2. The summed E-state index contributed by atoms with van der Waals surface area (Å²) in [5, 5.41) is 6.56. The largest absolute Gasteiger partial charge is 0.467 e. The Morgan fingerprint density at radius 2 is 2.11 bits per heavy atom. The smallest absolute Gasteiger partial charge is 0.191 e. The van der Waals surface area contributed by atoms with Crippen molar-refractivity contribution in [1.29, 1.82) is 0 Å². The Labute approximate surface area is 159 Å². The van der Waals surface area contributed by atoms with Gasteiger partial charge in [-0.05, 0) is 30.5 Å². The van der Waals surface area contributed by atoms with E-state index in [1.807, 2.05) is 0 Å². The van der Waals surface area contributed by atoms with Gasteiger partial charge in [0.05, 0.1) is 6.61 Å². The summed E-state index contributed by atoms with van der Waals surface area (Å²) in [5.41, 5.74) is 4.02. The maximum atomic E-state index is 13.9. The molecule has 0 aromatic heterocycles. The molecule has 2 N–H and O–H groups in total. The zero-order valence-corrected chi connectivity index (χ0v) is 16.0. The lowest BCUT2D eigenvalue weighted by molar-refractivity contribution is -0.0172. The van der Waals surface area contributed by atoms with Gasteiger partial charge in [0.25, 0.3) is 0 Å². The number of aliphatic imine (C=N–C) groups is 1. The van der Waals surface area contributed by atoms with Crippen molar-refractivity contribution in [3.05, 3.63) is 64.5 Å². The third-order valence-corrected chi connectivity index (χ3v) is 4.61. The highest BCUT2D eigenvalue weighted by atomic mass is 19.1. The first-order valence-corrected chi connectivity index (χ1v) is 9.09. The number of nitrogens with one attached hydrogen (secondary N) is 2. The number of guanidine groups is 1. The van der Waals surface area contributed by atoms with Crippen molar-refractivity contribution in [2.75, 3.05) is 20.4 Å². The van der Waals surface area contributed by atoms with Gasteiger partial charge < -0.3 is 20.1 Å². The highest BCUT2D eigenvalue weighted by Gasteiger charge is 2.17.